The summed E-state index contributed by atoms with van der Waals surface area (Å²) in [6.45, 7) is 10.3. The van der Waals surface area contributed by atoms with E-state index in [-0.39, 0.29) is 0 Å². The molecule has 6 heteroatoms. The van der Waals surface area contributed by atoms with Crippen molar-refractivity contribution in [2.24, 2.45) is 0 Å². The molecule has 0 saturated carbocycles. The minimum absolute atomic E-state index is 0.301. The monoisotopic (exact) mass is 317 g/mol. The predicted octanol–water partition coefficient (Wildman–Crippen LogP) is 4.74. The van der Waals surface area contributed by atoms with Gasteiger partial charge in [-0.1, -0.05) is 20.8 Å². The summed E-state index contributed by atoms with van der Waals surface area (Å²) in [5.41, 5.74) is -2.64. The molecule has 1 aromatic heterocycles. The first kappa shape index (κ1) is 18.5. The van der Waals surface area contributed by atoms with Crippen LogP contribution in [0.1, 0.15) is 69.6 Å². The van der Waals surface area contributed by atoms with Crippen LogP contribution in [0, 0.1) is 0 Å². The Morgan fingerprint density at radius 1 is 1.18 bits per heavy atom. The van der Waals surface area contributed by atoms with Crippen molar-refractivity contribution >= 4 is 5.97 Å². The second-order valence-corrected chi connectivity index (χ2v) is 6.85. The third-order valence-corrected chi connectivity index (χ3v) is 3.41. The van der Waals surface area contributed by atoms with Crippen LogP contribution in [0.4, 0.5) is 13.2 Å². The van der Waals surface area contributed by atoms with E-state index < -0.39 is 34.3 Å². The van der Waals surface area contributed by atoms with E-state index in [1.54, 1.807) is 20.8 Å². The molecule has 0 aliphatic rings. The van der Waals surface area contributed by atoms with E-state index in [2.05, 4.69) is 4.98 Å². The highest BCUT2D eigenvalue weighted by atomic mass is 19.4. The molecule has 124 valence electrons. The summed E-state index contributed by atoms with van der Waals surface area (Å²) in [6.07, 6.45) is -3.06. The summed E-state index contributed by atoms with van der Waals surface area (Å²) >= 11 is 0. The zero-order chi connectivity index (χ0) is 17.3. The van der Waals surface area contributed by atoms with E-state index in [0.29, 0.717) is 12.1 Å². The molecule has 1 aromatic rings. The van der Waals surface area contributed by atoms with Gasteiger partial charge in [-0.25, -0.2) is 4.79 Å². The van der Waals surface area contributed by atoms with E-state index in [1.807, 2.05) is 20.8 Å². The van der Waals surface area contributed by atoms with E-state index >= 15 is 0 Å². The molecule has 0 saturated heterocycles. The Labute approximate surface area is 128 Å². The van der Waals surface area contributed by atoms with Gasteiger partial charge in [0.15, 0.2) is 0 Å². The van der Waals surface area contributed by atoms with Crippen molar-refractivity contribution < 1.29 is 22.7 Å². The standard InChI is InChI=1S/C16H22F3NO2/c1-7-15(5,6)12-8-11(16(17,18)19)10(9-20-12)13(21)22-14(2,3)4/h8-9H,7H2,1-6H3. The zero-order valence-electron chi connectivity index (χ0n) is 13.8. The van der Waals surface area contributed by atoms with Crippen LogP contribution < -0.4 is 0 Å². The molecular formula is C16H22F3NO2. The highest BCUT2D eigenvalue weighted by Gasteiger charge is 2.38. The van der Waals surface area contributed by atoms with E-state index in [4.69, 9.17) is 4.74 Å². The number of ether oxygens (including phenoxy) is 1. The average molecular weight is 317 g/mol. The number of carbonyl (C=O) groups excluding carboxylic acids is 1. The Morgan fingerprint density at radius 2 is 1.73 bits per heavy atom. The molecule has 1 heterocycles. The highest BCUT2D eigenvalue weighted by molar-refractivity contribution is 5.91. The van der Waals surface area contributed by atoms with Gasteiger partial charge in [0.2, 0.25) is 0 Å². The first-order valence-corrected chi connectivity index (χ1v) is 7.09. The summed E-state index contributed by atoms with van der Waals surface area (Å²) < 4.78 is 44.9. The van der Waals surface area contributed by atoms with Crippen LogP contribution in [-0.4, -0.2) is 16.6 Å². The van der Waals surface area contributed by atoms with E-state index in [9.17, 15) is 18.0 Å². The fraction of sp³-hybridized carbons (Fsp3) is 0.625. The van der Waals surface area contributed by atoms with Crippen molar-refractivity contribution in [1.29, 1.82) is 0 Å². The number of aromatic nitrogens is 1. The molecule has 0 spiro atoms. The molecule has 22 heavy (non-hydrogen) atoms. The predicted molar refractivity (Wildman–Crippen MR) is 77.7 cm³/mol. The lowest BCUT2D eigenvalue weighted by Crippen LogP contribution is -2.27. The molecule has 0 N–H and O–H groups in total. The number of hydrogen-bond acceptors (Lipinski definition) is 3. The van der Waals surface area contributed by atoms with Crippen molar-refractivity contribution in [3.63, 3.8) is 0 Å². The fourth-order valence-corrected chi connectivity index (χ4v) is 1.74. The Hall–Kier alpha value is -1.59. The Morgan fingerprint density at radius 3 is 2.14 bits per heavy atom. The summed E-state index contributed by atoms with van der Waals surface area (Å²) in [4.78, 5) is 16.0. The van der Waals surface area contributed by atoms with Gasteiger partial charge in [-0.2, -0.15) is 13.2 Å². The first-order valence-electron chi connectivity index (χ1n) is 7.09. The van der Waals surface area contributed by atoms with Crippen LogP contribution in [0.3, 0.4) is 0 Å². The van der Waals surface area contributed by atoms with Gasteiger partial charge in [-0.05, 0) is 33.3 Å². The molecule has 0 aliphatic heterocycles. The van der Waals surface area contributed by atoms with Gasteiger partial charge in [-0.15, -0.1) is 0 Å². The number of pyridine rings is 1. The summed E-state index contributed by atoms with van der Waals surface area (Å²) in [6, 6.07) is 0.947. The van der Waals surface area contributed by atoms with Crippen LogP contribution in [0.2, 0.25) is 0 Å². The third kappa shape index (κ3) is 4.45. The van der Waals surface area contributed by atoms with Gasteiger partial charge >= 0.3 is 12.1 Å². The van der Waals surface area contributed by atoms with Crippen molar-refractivity contribution in [2.75, 3.05) is 0 Å². The fourth-order valence-electron chi connectivity index (χ4n) is 1.74. The van der Waals surface area contributed by atoms with Crippen LogP contribution in [-0.2, 0) is 16.3 Å². The highest BCUT2D eigenvalue weighted by Crippen LogP contribution is 2.35. The normalized spacial score (nSPS) is 13.1. The lowest BCUT2D eigenvalue weighted by Gasteiger charge is -2.25. The molecule has 0 fully saturated rings. The number of halogens is 3. The summed E-state index contributed by atoms with van der Waals surface area (Å²) in [7, 11) is 0. The lowest BCUT2D eigenvalue weighted by molar-refractivity contribution is -0.138. The van der Waals surface area contributed by atoms with E-state index in [1.165, 1.54) is 0 Å². The molecule has 0 unspecified atom stereocenters. The number of esters is 1. The summed E-state index contributed by atoms with van der Waals surface area (Å²) in [5.74, 6) is -1.02. The quantitative estimate of drug-likeness (QED) is 0.756. The first-order chi connectivity index (χ1) is 9.78. The van der Waals surface area contributed by atoms with Crippen molar-refractivity contribution in [3.05, 3.63) is 29.1 Å². The maximum Gasteiger partial charge on any atom is 0.417 e. The maximum atomic E-state index is 13.3. The second-order valence-electron chi connectivity index (χ2n) is 6.85. The van der Waals surface area contributed by atoms with E-state index in [0.717, 1.165) is 12.3 Å². The number of carbonyl (C=O) groups is 1. The number of hydrogen-bond donors (Lipinski definition) is 0. The number of rotatable bonds is 3. The second kappa shape index (κ2) is 5.89. The Bertz CT molecular complexity index is 557. The van der Waals surface area contributed by atoms with Crippen LogP contribution >= 0.6 is 0 Å². The van der Waals surface area contributed by atoms with Gasteiger partial charge in [-0.3, -0.25) is 4.98 Å². The topological polar surface area (TPSA) is 39.2 Å². The zero-order valence-corrected chi connectivity index (χ0v) is 13.8. The van der Waals surface area contributed by atoms with Crippen molar-refractivity contribution in [1.82, 2.24) is 4.98 Å². The molecular weight excluding hydrogens is 295 g/mol. The molecule has 0 radical (unpaired) electrons. The number of nitrogens with zero attached hydrogens (tertiary/aromatic N) is 1. The van der Waals surface area contributed by atoms with Gasteiger partial charge < -0.3 is 4.74 Å². The largest absolute Gasteiger partial charge is 0.456 e. The van der Waals surface area contributed by atoms with Crippen molar-refractivity contribution in [2.45, 2.75) is 65.2 Å². The minimum Gasteiger partial charge on any atom is -0.456 e. The number of alkyl halides is 3. The molecule has 0 bridgehead atoms. The van der Waals surface area contributed by atoms with Gasteiger partial charge in [0.05, 0.1) is 11.1 Å². The van der Waals surface area contributed by atoms with Crippen molar-refractivity contribution in [3.8, 4) is 0 Å². The van der Waals surface area contributed by atoms with Gasteiger partial charge in [0.25, 0.3) is 0 Å². The molecule has 0 aliphatic carbocycles. The average Bonchev–Trinajstić information content (AvgIpc) is 2.35. The van der Waals surface area contributed by atoms with Crippen LogP contribution in [0.15, 0.2) is 12.3 Å². The Balaban J connectivity index is 3.39. The smallest absolute Gasteiger partial charge is 0.417 e. The van der Waals surface area contributed by atoms with Gasteiger partial charge in [0.1, 0.15) is 5.60 Å². The van der Waals surface area contributed by atoms with Crippen LogP contribution in [0.5, 0.6) is 0 Å². The molecule has 0 atom stereocenters. The lowest BCUT2D eigenvalue weighted by atomic mass is 9.85. The third-order valence-electron chi connectivity index (χ3n) is 3.41. The molecule has 3 nitrogen and oxygen atoms in total. The molecule has 1 rings (SSSR count). The maximum absolute atomic E-state index is 13.3. The Kier molecular flexibility index (Phi) is 4.94. The van der Waals surface area contributed by atoms with Gasteiger partial charge in [0, 0.05) is 17.3 Å². The minimum atomic E-state index is -4.65. The van der Waals surface area contributed by atoms with Crippen LogP contribution in [0.25, 0.3) is 0 Å². The summed E-state index contributed by atoms with van der Waals surface area (Å²) in [5, 5.41) is 0. The molecule has 0 aromatic carbocycles. The molecule has 0 amide bonds. The SMILES string of the molecule is CCC(C)(C)c1cc(C(F)(F)F)c(C(=O)OC(C)(C)C)cn1.